The molecule has 2 rings (SSSR count). The van der Waals surface area contributed by atoms with E-state index in [1.807, 2.05) is 12.1 Å². The minimum atomic E-state index is 0. The Labute approximate surface area is 103 Å². The maximum absolute atomic E-state index is 5.32. The lowest BCUT2D eigenvalue weighted by Crippen LogP contribution is -2.35. The molecule has 1 aliphatic rings. The number of nitrogens with one attached hydrogen (secondary N) is 1. The van der Waals surface area contributed by atoms with Crippen LogP contribution >= 0.6 is 12.4 Å². The lowest BCUT2D eigenvalue weighted by molar-refractivity contribution is 0.174. The normalized spacial score (nSPS) is 13.4. The van der Waals surface area contributed by atoms with Crippen LogP contribution < -0.4 is 14.8 Å². The van der Waals surface area contributed by atoms with E-state index in [0.29, 0.717) is 6.79 Å². The monoisotopic (exact) mass is 243 g/mol. The van der Waals surface area contributed by atoms with E-state index in [-0.39, 0.29) is 17.9 Å². The van der Waals surface area contributed by atoms with Crippen LogP contribution in [0.25, 0.3) is 0 Å². The van der Waals surface area contributed by atoms with Gasteiger partial charge in [0.2, 0.25) is 6.79 Å². The lowest BCUT2D eigenvalue weighted by Gasteiger charge is -2.20. The first-order valence-electron chi connectivity index (χ1n) is 5.18. The third-order valence-electron chi connectivity index (χ3n) is 2.26. The van der Waals surface area contributed by atoms with Crippen LogP contribution in [0.4, 0.5) is 0 Å². The Morgan fingerprint density at radius 1 is 1.19 bits per heavy atom. The molecule has 3 nitrogen and oxygen atoms in total. The molecule has 0 fully saturated rings. The molecule has 1 heterocycles. The predicted molar refractivity (Wildman–Crippen MR) is 66.4 cm³/mol. The van der Waals surface area contributed by atoms with E-state index in [0.717, 1.165) is 18.0 Å². The van der Waals surface area contributed by atoms with Crippen molar-refractivity contribution in [3.63, 3.8) is 0 Å². The second-order valence-corrected chi connectivity index (χ2v) is 4.79. The smallest absolute Gasteiger partial charge is 0.231 e. The van der Waals surface area contributed by atoms with Gasteiger partial charge in [-0.3, -0.25) is 0 Å². The molecule has 0 amide bonds. The van der Waals surface area contributed by atoms with E-state index >= 15 is 0 Å². The number of rotatable bonds is 2. The Hall–Kier alpha value is -0.930. The molecule has 1 N–H and O–H groups in total. The summed E-state index contributed by atoms with van der Waals surface area (Å²) in [6.45, 7) is 7.64. The molecule has 1 aromatic rings. The molecule has 90 valence electrons. The molecule has 0 saturated carbocycles. The molecule has 0 aliphatic carbocycles. The van der Waals surface area contributed by atoms with Crippen molar-refractivity contribution in [1.82, 2.24) is 5.32 Å². The van der Waals surface area contributed by atoms with Gasteiger partial charge in [-0.2, -0.15) is 0 Å². The summed E-state index contributed by atoms with van der Waals surface area (Å²) < 4.78 is 10.6. The van der Waals surface area contributed by atoms with Gasteiger partial charge in [-0.15, -0.1) is 12.4 Å². The standard InChI is InChI=1S/C12H17NO2.ClH/c1-12(2,3)13-7-9-4-5-10-11(6-9)15-8-14-10;/h4-6,13H,7-8H2,1-3H3;1H. The zero-order chi connectivity index (χ0) is 10.9. The summed E-state index contributed by atoms with van der Waals surface area (Å²) in [5.74, 6) is 1.69. The first kappa shape index (κ1) is 13.1. The van der Waals surface area contributed by atoms with Gasteiger partial charge in [0.15, 0.2) is 11.5 Å². The number of benzene rings is 1. The quantitative estimate of drug-likeness (QED) is 0.867. The molecule has 0 spiro atoms. The van der Waals surface area contributed by atoms with Gasteiger partial charge in [-0.25, -0.2) is 0 Å². The molecule has 0 bridgehead atoms. The minimum absolute atomic E-state index is 0. The minimum Gasteiger partial charge on any atom is -0.454 e. The van der Waals surface area contributed by atoms with Crippen molar-refractivity contribution in [2.24, 2.45) is 0 Å². The van der Waals surface area contributed by atoms with Crippen molar-refractivity contribution in [3.05, 3.63) is 23.8 Å². The third kappa shape index (κ3) is 3.29. The zero-order valence-electron chi connectivity index (χ0n) is 9.87. The summed E-state index contributed by atoms with van der Waals surface area (Å²) >= 11 is 0. The van der Waals surface area contributed by atoms with Gasteiger partial charge in [-0.1, -0.05) is 6.07 Å². The average Bonchev–Trinajstić information content (AvgIpc) is 2.60. The van der Waals surface area contributed by atoms with Crippen molar-refractivity contribution < 1.29 is 9.47 Å². The highest BCUT2D eigenvalue weighted by molar-refractivity contribution is 5.85. The van der Waals surface area contributed by atoms with Crippen LogP contribution in [0, 0.1) is 0 Å². The first-order chi connectivity index (χ1) is 7.04. The Morgan fingerprint density at radius 2 is 1.88 bits per heavy atom. The highest BCUT2D eigenvalue weighted by Gasteiger charge is 2.14. The number of ether oxygens (including phenoxy) is 2. The summed E-state index contributed by atoms with van der Waals surface area (Å²) in [6, 6.07) is 6.05. The van der Waals surface area contributed by atoms with Crippen LogP contribution in [0.15, 0.2) is 18.2 Å². The van der Waals surface area contributed by atoms with Gasteiger partial charge in [0.05, 0.1) is 0 Å². The largest absolute Gasteiger partial charge is 0.454 e. The average molecular weight is 244 g/mol. The van der Waals surface area contributed by atoms with Crippen LogP contribution in [0.1, 0.15) is 26.3 Å². The highest BCUT2D eigenvalue weighted by Crippen LogP contribution is 2.32. The molecule has 0 atom stereocenters. The molecule has 0 saturated heterocycles. The van der Waals surface area contributed by atoms with Gasteiger partial charge in [0.25, 0.3) is 0 Å². The summed E-state index contributed by atoms with van der Waals surface area (Å²) in [5.41, 5.74) is 1.35. The van der Waals surface area contributed by atoms with Crippen molar-refractivity contribution in [2.45, 2.75) is 32.9 Å². The Morgan fingerprint density at radius 3 is 2.56 bits per heavy atom. The van der Waals surface area contributed by atoms with Crippen LogP contribution in [-0.2, 0) is 6.54 Å². The number of halogens is 1. The van der Waals surface area contributed by atoms with E-state index in [2.05, 4.69) is 32.2 Å². The van der Waals surface area contributed by atoms with E-state index in [4.69, 9.17) is 9.47 Å². The Kier molecular flexibility index (Phi) is 4.05. The lowest BCUT2D eigenvalue weighted by atomic mass is 10.1. The molecule has 0 unspecified atom stereocenters. The summed E-state index contributed by atoms with van der Waals surface area (Å²) in [5, 5.41) is 3.43. The van der Waals surface area contributed by atoms with E-state index in [1.54, 1.807) is 0 Å². The fourth-order valence-corrected chi connectivity index (χ4v) is 1.42. The number of hydrogen-bond acceptors (Lipinski definition) is 3. The zero-order valence-corrected chi connectivity index (χ0v) is 10.7. The number of fused-ring (bicyclic) bond motifs is 1. The Bertz CT molecular complexity index is 361. The molecular weight excluding hydrogens is 226 g/mol. The third-order valence-corrected chi connectivity index (χ3v) is 2.26. The molecule has 0 aromatic heterocycles. The maximum Gasteiger partial charge on any atom is 0.231 e. The van der Waals surface area contributed by atoms with Gasteiger partial charge in [-0.05, 0) is 38.5 Å². The highest BCUT2D eigenvalue weighted by atomic mass is 35.5. The van der Waals surface area contributed by atoms with E-state index < -0.39 is 0 Å². The van der Waals surface area contributed by atoms with Crippen molar-refractivity contribution in [2.75, 3.05) is 6.79 Å². The molecular formula is C12H18ClNO2. The fraction of sp³-hybridized carbons (Fsp3) is 0.500. The van der Waals surface area contributed by atoms with Gasteiger partial charge in [0.1, 0.15) is 0 Å². The molecule has 0 radical (unpaired) electrons. The van der Waals surface area contributed by atoms with Crippen LogP contribution in [-0.4, -0.2) is 12.3 Å². The van der Waals surface area contributed by atoms with Crippen molar-refractivity contribution in [1.29, 1.82) is 0 Å². The summed E-state index contributed by atoms with van der Waals surface area (Å²) in [6.07, 6.45) is 0. The van der Waals surface area contributed by atoms with Crippen LogP contribution in [0.2, 0.25) is 0 Å². The molecule has 4 heteroatoms. The van der Waals surface area contributed by atoms with Gasteiger partial charge >= 0.3 is 0 Å². The fourth-order valence-electron chi connectivity index (χ4n) is 1.42. The first-order valence-corrected chi connectivity index (χ1v) is 5.18. The topological polar surface area (TPSA) is 30.5 Å². The van der Waals surface area contributed by atoms with Crippen molar-refractivity contribution in [3.8, 4) is 11.5 Å². The van der Waals surface area contributed by atoms with Crippen molar-refractivity contribution >= 4 is 12.4 Å². The van der Waals surface area contributed by atoms with Crippen LogP contribution in [0.3, 0.4) is 0 Å². The van der Waals surface area contributed by atoms with Gasteiger partial charge in [0, 0.05) is 12.1 Å². The van der Waals surface area contributed by atoms with E-state index in [1.165, 1.54) is 5.56 Å². The van der Waals surface area contributed by atoms with Gasteiger partial charge < -0.3 is 14.8 Å². The number of hydrogen-bond donors (Lipinski definition) is 1. The molecule has 1 aromatic carbocycles. The van der Waals surface area contributed by atoms with Crippen LogP contribution in [0.5, 0.6) is 11.5 Å². The molecule has 1 aliphatic heterocycles. The Balaban J connectivity index is 0.00000128. The summed E-state index contributed by atoms with van der Waals surface area (Å²) in [4.78, 5) is 0. The summed E-state index contributed by atoms with van der Waals surface area (Å²) in [7, 11) is 0. The second kappa shape index (κ2) is 4.93. The SMILES string of the molecule is CC(C)(C)NCc1ccc2c(c1)OCO2.Cl. The predicted octanol–water partition coefficient (Wildman–Crippen LogP) is 2.73. The molecule has 16 heavy (non-hydrogen) atoms. The maximum atomic E-state index is 5.32. The second-order valence-electron chi connectivity index (χ2n) is 4.79. The van der Waals surface area contributed by atoms with E-state index in [9.17, 15) is 0 Å².